The van der Waals surface area contributed by atoms with Gasteiger partial charge in [-0.15, -0.1) is 0 Å². The molecule has 3 aliphatic rings. The highest BCUT2D eigenvalue weighted by Gasteiger charge is 2.43. The van der Waals surface area contributed by atoms with Gasteiger partial charge in [-0.3, -0.25) is 4.79 Å². The third-order valence-electron chi connectivity index (χ3n) is 5.00. The Morgan fingerprint density at radius 3 is 2.89 bits per heavy atom. The van der Waals surface area contributed by atoms with E-state index in [4.69, 9.17) is 0 Å². The normalized spacial score (nSPS) is 41.5. The Morgan fingerprint density at radius 2 is 2.22 bits per heavy atom. The topological polar surface area (TPSA) is 44.4 Å². The molecule has 1 amide bonds. The van der Waals surface area contributed by atoms with Crippen molar-refractivity contribution in [2.75, 3.05) is 39.3 Å². The largest absolute Gasteiger partial charge is 0.355 e. The smallest absolute Gasteiger partial charge is 0.220 e. The van der Waals surface area contributed by atoms with E-state index in [1.165, 1.54) is 32.4 Å². The van der Waals surface area contributed by atoms with Crippen molar-refractivity contribution in [2.24, 2.45) is 10.8 Å². The third-order valence-corrected chi connectivity index (χ3v) is 5.00. The van der Waals surface area contributed by atoms with Gasteiger partial charge in [-0.25, -0.2) is 0 Å². The summed E-state index contributed by atoms with van der Waals surface area (Å²) in [7, 11) is 0. The summed E-state index contributed by atoms with van der Waals surface area (Å²) in [5, 5.41) is 6.50. The monoisotopic (exact) mass is 251 g/mol. The van der Waals surface area contributed by atoms with Gasteiger partial charge in [-0.1, -0.05) is 6.92 Å². The Kier molecular flexibility index (Phi) is 3.10. The van der Waals surface area contributed by atoms with Gasteiger partial charge in [-0.05, 0) is 37.8 Å². The summed E-state index contributed by atoms with van der Waals surface area (Å²) in [4.78, 5) is 14.1. The first kappa shape index (κ1) is 12.4. The molecule has 1 spiro atoms. The van der Waals surface area contributed by atoms with Crippen LogP contribution in [0.4, 0.5) is 0 Å². The molecule has 102 valence electrons. The van der Waals surface area contributed by atoms with Gasteiger partial charge in [0.1, 0.15) is 0 Å². The number of nitrogens with one attached hydrogen (secondary N) is 2. The highest BCUT2D eigenvalue weighted by atomic mass is 16.1. The van der Waals surface area contributed by atoms with Crippen LogP contribution >= 0.6 is 0 Å². The Balaban J connectivity index is 1.62. The summed E-state index contributed by atoms with van der Waals surface area (Å²) in [6, 6.07) is 0. The molecule has 0 aromatic carbocycles. The van der Waals surface area contributed by atoms with Crippen molar-refractivity contribution in [3.05, 3.63) is 0 Å². The minimum atomic E-state index is 0.248. The van der Waals surface area contributed by atoms with E-state index in [1.807, 2.05) is 0 Å². The first-order valence-corrected chi connectivity index (χ1v) is 7.29. The molecule has 2 unspecified atom stereocenters. The SMILES string of the molecule is CC1(CN2CCCC3(CNC(=O)C3)C2)CCNC1. The zero-order chi connectivity index (χ0) is 12.6. The van der Waals surface area contributed by atoms with E-state index < -0.39 is 0 Å². The predicted octanol–water partition coefficient (Wildman–Crippen LogP) is 0.588. The summed E-state index contributed by atoms with van der Waals surface area (Å²) in [6.45, 7) is 9.12. The fraction of sp³-hybridized carbons (Fsp3) is 0.929. The molecule has 3 aliphatic heterocycles. The van der Waals surface area contributed by atoms with Gasteiger partial charge in [0.05, 0.1) is 0 Å². The summed E-state index contributed by atoms with van der Waals surface area (Å²) < 4.78 is 0. The first-order valence-electron chi connectivity index (χ1n) is 7.29. The zero-order valence-electron chi connectivity index (χ0n) is 11.4. The van der Waals surface area contributed by atoms with Crippen molar-refractivity contribution >= 4 is 5.91 Å². The highest BCUT2D eigenvalue weighted by Crippen LogP contribution is 2.37. The number of hydrogen-bond donors (Lipinski definition) is 2. The predicted molar refractivity (Wildman–Crippen MR) is 71.3 cm³/mol. The fourth-order valence-corrected chi connectivity index (χ4v) is 4.03. The summed E-state index contributed by atoms with van der Waals surface area (Å²) >= 11 is 0. The Hall–Kier alpha value is -0.610. The lowest BCUT2D eigenvalue weighted by Gasteiger charge is -2.42. The number of carbonyl (C=O) groups is 1. The van der Waals surface area contributed by atoms with Gasteiger partial charge in [0, 0.05) is 38.0 Å². The maximum Gasteiger partial charge on any atom is 0.220 e. The molecule has 3 heterocycles. The lowest BCUT2D eigenvalue weighted by molar-refractivity contribution is -0.120. The van der Waals surface area contributed by atoms with E-state index >= 15 is 0 Å². The van der Waals surface area contributed by atoms with Crippen LogP contribution in [0.2, 0.25) is 0 Å². The van der Waals surface area contributed by atoms with E-state index in [0.29, 0.717) is 5.41 Å². The van der Waals surface area contributed by atoms with Crippen LogP contribution < -0.4 is 10.6 Å². The van der Waals surface area contributed by atoms with Crippen molar-refractivity contribution < 1.29 is 4.79 Å². The molecule has 2 N–H and O–H groups in total. The molecule has 3 fully saturated rings. The highest BCUT2D eigenvalue weighted by molar-refractivity contribution is 5.79. The van der Waals surface area contributed by atoms with Gasteiger partial charge in [0.25, 0.3) is 0 Å². The molecule has 0 saturated carbocycles. The molecule has 0 bridgehead atoms. The second-order valence-corrected chi connectivity index (χ2v) is 7.01. The molecule has 0 aliphatic carbocycles. The molecule has 3 saturated heterocycles. The van der Waals surface area contributed by atoms with Gasteiger partial charge in [-0.2, -0.15) is 0 Å². The van der Waals surface area contributed by atoms with Crippen LogP contribution in [0.3, 0.4) is 0 Å². The maximum absolute atomic E-state index is 11.5. The van der Waals surface area contributed by atoms with Crippen molar-refractivity contribution in [3.63, 3.8) is 0 Å². The van der Waals surface area contributed by atoms with E-state index in [0.717, 1.165) is 32.6 Å². The maximum atomic E-state index is 11.5. The first-order chi connectivity index (χ1) is 8.59. The van der Waals surface area contributed by atoms with Crippen LogP contribution in [-0.2, 0) is 4.79 Å². The van der Waals surface area contributed by atoms with Gasteiger partial charge >= 0.3 is 0 Å². The van der Waals surface area contributed by atoms with Crippen molar-refractivity contribution in [1.82, 2.24) is 15.5 Å². The number of rotatable bonds is 2. The fourth-order valence-electron chi connectivity index (χ4n) is 4.03. The van der Waals surface area contributed by atoms with E-state index in [-0.39, 0.29) is 11.3 Å². The minimum absolute atomic E-state index is 0.248. The Bertz CT molecular complexity index is 338. The second kappa shape index (κ2) is 4.49. The lowest BCUT2D eigenvalue weighted by Crippen LogP contribution is -2.48. The quantitative estimate of drug-likeness (QED) is 0.755. The molecule has 0 radical (unpaired) electrons. The molecular weight excluding hydrogens is 226 g/mol. The average molecular weight is 251 g/mol. The molecule has 4 heteroatoms. The van der Waals surface area contributed by atoms with Crippen LogP contribution in [0.25, 0.3) is 0 Å². The number of nitrogens with zero attached hydrogens (tertiary/aromatic N) is 1. The number of likely N-dealkylation sites (tertiary alicyclic amines) is 1. The Morgan fingerprint density at radius 1 is 1.33 bits per heavy atom. The molecule has 18 heavy (non-hydrogen) atoms. The van der Waals surface area contributed by atoms with Crippen LogP contribution in [0, 0.1) is 10.8 Å². The molecule has 0 aromatic rings. The van der Waals surface area contributed by atoms with Crippen molar-refractivity contribution in [3.8, 4) is 0 Å². The van der Waals surface area contributed by atoms with E-state index in [1.54, 1.807) is 0 Å². The second-order valence-electron chi connectivity index (χ2n) is 7.01. The van der Waals surface area contributed by atoms with Crippen LogP contribution in [0.15, 0.2) is 0 Å². The number of hydrogen-bond acceptors (Lipinski definition) is 3. The third kappa shape index (κ3) is 2.41. The van der Waals surface area contributed by atoms with E-state index in [9.17, 15) is 4.79 Å². The number of piperidine rings is 1. The molecule has 3 rings (SSSR count). The Labute approximate surface area is 109 Å². The zero-order valence-corrected chi connectivity index (χ0v) is 11.4. The summed E-state index contributed by atoms with van der Waals surface area (Å²) in [5.74, 6) is 0.255. The molecular formula is C14H25N3O. The van der Waals surface area contributed by atoms with Crippen LogP contribution in [0.1, 0.15) is 32.6 Å². The summed E-state index contributed by atoms with van der Waals surface area (Å²) in [5.41, 5.74) is 0.687. The number of amides is 1. The molecule has 0 aromatic heterocycles. The van der Waals surface area contributed by atoms with Crippen LogP contribution in [0.5, 0.6) is 0 Å². The lowest BCUT2D eigenvalue weighted by atomic mass is 9.78. The van der Waals surface area contributed by atoms with Gasteiger partial charge < -0.3 is 15.5 Å². The van der Waals surface area contributed by atoms with Gasteiger partial charge in [0.15, 0.2) is 0 Å². The van der Waals surface area contributed by atoms with Gasteiger partial charge in [0.2, 0.25) is 5.91 Å². The average Bonchev–Trinajstić information content (AvgIpc) is 2.87. The van der Waals surface area contributed by atoms with Crippen molar-refractivity contribution in [1.29, 1.82) is 0 Å². The summed E-state index contributed by atoms with van der Waals surface area (Å²) in [6.07, 6.45) is 4.50. The van der Waals surface area contributed by atoms with Crippen molar-refractivity contribution in [2.45, 2.75) is 32.6 Å². The molecule has 2 atom stereocenters. The van der Waals surface area contributed by atoms with E-state index in [2.05, 4.69) is 22.5 Å². The number of carbonyl (C=O) groups excluding carboxylic acids is 1. The van der Waals surface area contributed by atoms with Crippen LogP contribution in [-0.4, -0.2) is 50.1 Å². The standard InChI is InChI=1S/C14H25N3O/c1-13(4-5-15-8-13)10-17-6-2-3-14(11-17)7-12(18)16-9-14/h15H,2-11H2,1H3,(H,16,18). The minimum Gasteiger partial charge on any atom is -0.355 e. The molecule has 4 nitrogen and oxygen atoms in total.